The number of rotatable bonds is 5. The van der Waals surface area contributed by atoms with Crippen LogP contribution in [-0.2, 0) is 0 Å². The minimum absolute atomic E-state index is 0.337. The highest BCUT2D eigenvalue weighted by Gasteiger charge is 2.14. The summed E-state index contributed by atoms with van der Waals surface area (Å²) in [6, 6.07) is 6.75. The Morgan fingerprint density at radius 3 is 2.40 bits per heavy atom. The van der Waals surface area contributed by atoms with Crippen LogP contribution in [0.2, 0.25) is 0 Å². The Kier molecular flexibility index (Phi) is 3.83. The molecule has 0 aliphatic rings. The largest absolute Gasteiger partial charge is 0.493 e. The van der Waals surface area contributed by atoms with Gasteiger partial charge in [-0.3, -0.25) is 4.79 Å². The van der Waals surface area contributed by atoms with E-state index in [0.717, 1.165) is 6.29 Å². The van der Waals surface area contributed by atoms with Crippen molar-refractivity contribution in [2.45, 2.75) is 25.9 Å². The first-order valence-corrected chi connectivity index (χ1v) is 4.88. The van der Waals surface area contributed by atoms with Crippen LogP contribution in [0.3, 0.4) is 0 Å². The van der Waals surface area contributed by atoms with E-state index in [1.165, 1.54) is 13.8 Å². The fourth-order valence-electron chi connectivity index (χ4n) is 1.05. The lowest BCUT2D eigenvalue weighted by molar-refractivity contribution is 0.112. The molecule has 0 amide bonds. The van der Waals surface area contributed by atoms with E-state index in [1.807, 2.05) is 0 Å². The molecule has 0 saturated carbocycles. The minimum Gasteiger partial charge on any atom is -0.493 e. The summed E-state index contributed by atoms with van der Waals surface area (Å²) in [5, 5.41) is 0. The number of carbonyl (C=O) groups excluding carboxylic acids is 1. The highest BCUT2D eigenvalue weighted by atomic mass is 19.1. The first kappa shape index (κ1) is 11.7. The van der Waals surface area contributed by atoms with Gasteiger partial charge in [0.25, 0.3) is 0 Å². The Hall–Kier alpha value is -1.38. The van der Waals surface area contributed by atoms with E-state index in [1.54, 1.807) is 24.3 Å². The zero-order valence-corrected chi connectivity index (χ0v) is 9.00. The molecule has 0 aromatic heterocycles. The third-order valence-electron chi connectivity index (χ3n) is 1.98. The van der Waals surface area contributed by atoms with Crippen LogP contribution in [0, 0.1) is 0 Å². The van der Waals surface area contributed by atoms with Gasteiger partial charge in [0.15, 0.2) is 0 Å². The van der Waals surface area contributed by atoms with Crippen LogP contribution in [0.4, 0.5) is 4.39 Å². The second-order valence-corrected chi connectivity index (χ2v) is 4.00. The predicted octanol–water partition coefficient (Wildman–Crippen LogP) is 3.02. The first-order valence-electron chi connectivity index (χ1n) is 4.88. The molecule has 0 aliphatic heterocycles. The number of hydrogen-bond donors (Lipinski definition) is 0. The van der Waals surface area contributed by atoms with Gasteiger partial charge in [-0.1, -0.05) is 0 Å². The Morgan fingerprint density at radius 2 is 1.93 bits per heavy atom. The summed E-state index contributed by atoms with van der Waals surface area (Å²) in [5.41, 5.74) is -0.601. The molecular weight excluding hydrogens is 195 g/mol. The van der Waals surface area contributed by atoms with Crippen molar-refractivity contribution >= 4 is 6.29 Å². The van der Waals surface area contributed by atoms with E-state index >= 15 is 0 Å². The molecule has 0 bridgehead atoms. The maximum Gasteiger partial charge on any atom is 0.150 e. The fraction of sp³-hybridized carbons (Fsp3) is 0.417. The van der Waals surface area contributed by atoms with Gasteiger partial charge < -0.3 is 4.74 Å². The Labute approximate surface area is 89.1 Å². The van der Waals surface area contributed by atoms with Gasteiger partial charge in [-0.05, 0) is 38.1 Å². The van der Waals surface area contributed by atoms with Crippen molar-refractivity contribution in [3.8, 4) is 5.75 Å². The lowest BCUT2D eigenvalue weighted by Crippen LogP contribution is -2.16. The highest BCUT2D eigenvalue weighted by molar-refractivity contribution is 5.74. The molecule has 3 heteroatoms. The Morgan fingerprint density at radius 1 is 1.33 bits per heavy atom. The van der Waals surface area contributed by atoms with Gasteiger partial charge >= 0.3 is 0 Å². The van der Waals surface area contributed by atoms with Crippen LogP contribution < -0.4 is 4.74 Å². The quantitative estimate of drug-likeness (QED) is 0.698. The van der Waals surface area contributed by atoms with Crippen LogP contribution in [-0.4, -0.2) is 18.6 Å². The number of carbonyl (C=O) groups is 1. The van der Waals surface area contributed by atoms with Gasteiger partial charge in [0, 0.05) is 12.0 Å². The van der Waals surface area contributed by atoms with Crippen LogP contribution in [0.15, 0.2) is 24.3 Å². The van der Waals surface area contributed by atoms with Crippen molar-refractivity contribution in [2.75, 3.05) is 6.61 Å². The van der Waals surface area contributed by atoms with E-state index in [0.29, 0.717) is 24.3 Å². The molecule has 0 spiro atoms. The molecule has 0 heterocycles. The molecule has 1 aromatic rings. The molecule has 1 rings (SSSR count). The standard InChI is InChI=1S/C12H15FO2/c1-12(2,13)7-8-15-11-5-3-10(9-14)4-6-11/h3-6,9H,7-8H2,1-2H3. The second-order valence-electron chi connectivity index (χ2n) is 4.00. The smallest absolute Gasteiger partial charge is 0.150 e. The number of hydrogen-bond acceptors (Lipinski definition) is 2. The fourth-order valence-corrected chi connectivity index (χ4v) is 1.05. The number of alkyl halides is 1. The summed E-state index contributed by atoms with van der Waals surface area (Å²) in [5.74, 6) is 0.657. The summed E-state index contributed by atoms with van der Waals surface area (Å²) < 4.78 is 18.4. The second kappa shape index (κ2) is 4.91. The summed E-state index contributed by atoms with van der Waals surface area (Å²) in [6.07, 6.45) is 1.12. The zero-order valence-electron chi connectivity index (χ0n) is 9.00. The van der Waals surface area contributed by atoms with Crippen LogP contribution in [0.25, 0.3) is 0 Å². The number of aldehydes is 1. The van der Waals surface area contributed by atoms with Gasteiger partial charge in [0.1, 0.15) is 17.7 Å². The van der Waals surface area contributed by atoms with E-state index in [4.69, 9.17) is 4.74 Å². The number of benzene rings is 1. The molecule has 0 fully saturated rings. The van der Waals surface area contributed by atoms with Gasteiger partial charge in [0.2, 0.25) is 0 Å². The molecule has 0 N–H and O–H groups in total. The molecule has 0 atom stereocenters. The molecule has 0 radical (unpaired) electrons. The summed E-state index contributed by atoms with van der Waals surface area (Å²) in [4.78, 5) is 10.4. The third kappa shape index (κ3) is 4.58. The van der Waals surface area contributed by atoms with Crippen molar-refractivity contribution in [3.05, 3.63) is 29.8 Å². The zero-order chi connectivity index (χ0) is 11.3. The molecule has 0 unspecified atom stereocenters. The van der Waals surface area contributed by atoms with Crippen LogP contribution in [0.5, 0.6) is 5.75 Å². The molecule has 2 nitrogen and oxygen atoms in total. The SMILES string of the molecule is CC(C)(F)CCOc1ccc(C=O)cc1. The van der Waals surface area contributed by atoms with Gasteiger partial charge in [-0.2, -0.15) is 0 Å². The van der Waals surface area contributed by atoms with Gasteiger partial charge in [-0.25, -0.2) is 4.39 Å². The van der Waals surface area contributed by atoms with Crippen molar-refractivity contribution < 1.29 is 13.9 Å². The molecule has 0 aliphatic carbocycles. The summed E-state index contributed by atoms with van der Waals surface area (Å²) in [7, 11) is 0. The molecule has 82 valence electrons. The predicted molar refractivity (Wildman–Crippen MR) is 57.1 cm³/mol. The monoisotopic (exact) mass is 210 g/mol. The van der Waals surface area contributed by atoms with Crippen molar-refractivity contribution in [3.63, 3.8) is 0 Å². The molecular formula is C12H15FO2. The average Bonchev–Trinajstić information content (AvgIpc) is 2.17. The first-order chi connectivity index (χ1) is 7.01. The number of halogens is 1. The van der Waals surface area contributed by atoms with Crippen LogP contribution >= 0.6 is 0 Å². The van der Waals surface area contributed by atoms with Crippen LogP contribution in [0.1, 0.15) is 30.6 Å². The maximum absolute atomic E-state index is 13.1. The normalized spacial score (nSPS) is 11.1. The molecule has 15 heavy (non-hydrogen) atoms. The number of ether oxygens (including phenoxy) is 1. The van der Waals surface area contributed by atoms with E-state index in [2.05, 4.69) is 0 Å². The lowest BCUT2D eigenvalue weighted by Gasteiger charge is -2.14. The third-order valence-corrected chi connectivity index (χ3v) is 1.98. The van der Waals surface area contributed by atoms with Crippen molar-refractivity contribution in [1.29, 1.82) is 0 Å². The van der Waals surface area contributed by atoms with E-state index in [-0.39, 0.29) is 0 Å². The van der Waals surface area contributed by atoms with E-state index < -0.39 is 5.67 Å². The van der Waals surface area contributed by atoms with Crippen molar-refractivity contribution in [2.24, 2.45) is 0 Å². The summed E-state index contributed by atoms with van der Waals surface area (Å²) >= 11 is 0. The van der Waals surface area contributed by atoms with Crippen molar-refractivity contribution in [1.82, 2.24) is 0 Å². The summed E-state index contributed by atoms with van der Waals surface area (Å²) in [6.45, 7) is 3.38. The van der Waals surface area contributed by atoms with E-state index in [9.17, 15) is 9.18 Å². The minimum atomic E-state index is -1.21. The Bertz CT molecular complexity index is 311. The Balaban J connectivity index is 2.41. The molecule has 1 aromatic carbocycles. The average molecular weight is 210 g/mol. The van der Waals surface area contributed by atoms with Gasteiger partial charge in [-0.15, -0.1) is 0 Å². The maximum atomic E-state index is 13.1. The highest BCUT2D eigenvalue weighted by Crippen LogP contribution is 2.16. The van der Waals surface area contributed by atoms with Gasteiger partial charge in [0.05, 0.1) is 6.61 Å². The molecule has 0 saturated heterocycles. The topological polar surface area (TPSA) is 26.3 Å². The lowest BCUT2D eigenvalue weighted by atomic mass is 10.1.